The second-order valence-electron chi connectivity index (χ2n) is 11.3. The zero-order valence-electron chi connectivity index (χ0n) is 24.3. The van der Waals surface area contributed by atoms with Gasteiger partial charge in [0.1, 0.15) is 11.3 Å². The van der Waals surface area contributed by atoms with Gasteiger partial charge < -0.3 is 13.9 Å². The van der Waals surface area contributed by atoms with E-state index in [2.05, 4.69) is 142 Å². The average Bonchev–Trinajstić information content (AvgIpc) is 3.66. The van der Waals surface area contributed by atoms with Crippen molar-refractivity contribution < 1.29 is 4.42 Å². The van der Waals surface area contributed by atoms with Gasteiger partial charge >= 0.3 is 0 Å². The Morgan fingerprint density at radius 2 is 1.11 bits per heavy atom. The molecule has 0 fully saturated rings. The lowest BCUT2D eigenvalue weighted by atomic mass is 10.0. The van der Waals surface area contributed by atoms with Crippen LogP contribution in [0.15, 0.2) is 168 Å². The lowest BCUT2D eigenvalue weighted by Crippen LogP contribution is -2.10. The van der Waals surface area contributed by atoms with Crippen molar-refractivity contribution in [3.05, 3.63) is 164 Å². The first kappa shape index (κ1) is 25.4. The molecule has 3 aromatic heterocycles. The first-order valence-corrected chi connectivity index (χ1v) is 15.1. The molecule has 0 unspecified atom stereocenters. The highest BCUT2D eigenvalue weighted by Gasteiger charge is 2.20. The predicted octanol–water partition coefficient (Wildman–Crippen LogP) is 11.2. The van der Waals surface area contributed by atoms with E-state index in [9.17, 15) is 0 Å². The van der Waals surface area contributed by atoms with Crippen molar-refractivity contribution in [3.8, 4) is 16.8 Å². The first-order chi connectivity index (χ1) is 22.3. The van der Waals surface area contributed by atoms with E-state index in [4.69, 9.17) is 4.42 Å². The Kier molecular flexibility index (Phi) is 5.78. The summed E-state index contributed by atoms with van der Waals surface area (Å²) in [6, 6.07) is 53.3. The summed E-state index contributed by atoms with van der Waals surface area (Å²) in [6.07, 6.45) is 3.79. The lowest BCUT2D eigenvalue weighted by Gasteiger charge is -2.25. The molecule has 0 aliphatic rings. The van der Waals surface area contributed by atoms with E-state index in [1.54, 1.807) is 0 Å². The standard InChI is InChI=1S/C41H27N3O/c1-2-14-30(15-3-1)43(39-27-42-26-36-35-20-6-9-23-40(35)45-41(36)39)31-16-10-12-28(24-31)29-13-11-17-32(25-29)44-37-21-7-4-18-33(37)34-19-5-8-22-38(34)44/h1-27H. The van der Waals surface area contributed by atoms with Crippen LogP contribution < -0.4 is 4.90 Å². The summed E-state index contributed by atoms with van der Waals surface area (Å²) >= 11 is 0. The van der Waals surface area contributed by atoms with Gasteiger partial charge in [-0.3, -0.25) is 4.98 Å². The molecule has 45 heavy (non-hydrogen) atoms. The van der Waals surface area contributed by atoms with Gasteiger partial charge in [-0.1, -0.05) is 97.1 Å². The maximum Gasteiger partial charge on any atom is 0.162 e. The normalized spacial score (nSPS) is 11.6. The Hall–Kier alpha value is -6.13. The first-order valence-electron chi connectivity index (χ1n) is 15.1. The molecule has 0 aliphatic heterocycles. The monoisotopic (exact) mass is 577 g/mol. The summed E-state index contributed by atoms with van der Waals surface area (Å²) in [4.78, 5) is 6.91. The van der Waals surface area contributed by atoms with Crippen LogP contribution in [0.2, 0.25) is 0 Å². The highest BCUT2D eigenvalue weighted by molar-refractivity contribution is 6.10. The molecule has 4 nitrogen and oxygen atoms in total. The zero-order chi connectivity index (χ0) is 29.7. The predicted molar refractivity (Wildman–Crippen MR) is 186 cm³/mol. The number of pyridine rings is 1. The van der Waals surface area contributed by atoms with Crippen LogP contribution in [0.3, 0.4) is 0 Å². The molecule has 212 valence electrons. The quantitative estimate of drug-likeness (QED) is 0.204. The molecular formula is C41H27N3O. The Morgan fingerprint density at radius 1 is 0.489 bits per heavy atom. The Balaban J connectivity index is 1.21. The summed E-state index contributed by atoms with van der Waals surface area (Å²) in [6.45, 7) is 0. The van der Waals surface area contributed by atoms with Crippen LogP contribution in [0.4, 0.5) is 17.1 Å². The Morgan fingerprint density at radius 3 is 1.89 bits per heavy atom. The van der Waals surface area contributed by atoms with Crippen LogP contribution in [0, 0.1) is 0 Å². The lowest BCUT2D eigenvalue weighted by molar-refractivity contribution is 0.668. The fraction of sp³-hybridized carbons (Fsp3) is 0. The summed E-state index contributed by atoms with van der Waals surface area (Å²) in [5.41, 5.74) is 10.4. The number of benzene rings is 6. The van der Waals surface area contributed by atoms with E-state index < -0.39 is 0 Å². The smallest absolute Gasteiger partial charge is 0.162 e. The third kappa shape index (κ3) is 4.11. The molecule has 3 heterocycles. The van der Waals surface area contributed by atoms with E-state index in [1.165, 1.54) is 21.8 Å². The van der Waals surface area contributed by atoms with Gasteiger partial charge in [0.15, 0.2) is 5.58 Å². The van der Waals surface area contributed by atoms with Crippen molar-refractivity contribution in [1.29, 1.82) is 0 Å². The van der Waals surface area contributed by atoms with Crippen LogP contribution in [0.5, 0.6) is 0 Å². The molecule has 0 N–H and O–H groups in total. The summed E-state index contributed by atoms with van der Waals surface area (Å²) in [5, 5.41) is 4.57. The minimum atomic E-state index is 0.814. The molecule has 9 aromatic rings. The summed E-state index contributed by atoms with van der Waals surface area (Å²) in [5.74, 6) is 0. The molecule has 0 bridgehead atoms. The van der Waals surface area contributed by atoms with Crippen LogP contribution in [-0.2, 0) is 0 Å². The van der Waals surface area contributed by atoms with Gasteiger partial charge in [-0.2, -0.15) is 0 Å². The van der Waals surface area contributed by atoms with E-state index in [0.717, 1.165) is 55.8 Å². The van der Waals surface area contributed by atoms with Gasteiger partial charge in [-0.25, -0.2) is 0 Å². The minimum absolute atomic E-state index is 0.814. The summed E-state index contributed by atoms with van der Waals surface area (Å²) < 4.78 is 8.83. The zero-order valence-corrected chi connectivity index (χ0v) is 24.3. The largest absolute Gasteiger partial charge is 0.454 e. The minimum Gasteiger partial charge on any atom is -0.454 e. The van der Waals surface area contributed by atoms with Crippen LogP contribution in [0.1, 0.15) is 0 Å². The molecule has 0 saturated heterocycles. The van der Waals surface area contributed by atoms with Crippen molar-refractivity contribution >= 4 is 60.8 Å². The molecule has 0 aliphatic carbocycles. The highest BCUT2D eigenvalue weighted by Crippen LogP contribution is 2.42. The fourth-order valence-electron chi connectivity index (χ4n) is 6.64. The number of rotatable bonds is 5. The van der Waals surface area contributed by atoms with E-state index in [1.807, 2.05) is 36.7 Å². The third-order valence-corrected chi connectivity index (χ3v) is 8.64. The van der Waals surface area contributed by atoms with Gasteiger partial charge in [-0.15, -0.1) is 0 Å². The maximum atomic E-state index is 6.47. The Bertz CT molecular complexity index is 2450. The molecule has 0 atom stereocenters. The number of para-hydroxylation sites is 4. The van der Waals surface area contributed by atoms with Crippen molar-refractivity contribution in [2.45, 2.75) is 0 Å². The molecule has 0 spiro atoms. The molecule has 6 aromatic carbocycles. The number of hydrogen-bond donors (Lipinski definition) is 0. The van der Waals surface area contributed by atoms with Crippen LogP contribution in [0.25, 0.3) is 60.6 Å². The molecule has 0 amide bonds. The average molecular weight is 578 g/mol. The number of aromatic nitrogens is 2. The SMILES string of the molecule is c1ccc(N(c2cccc(-c3cccc(-n4c5ccccc5c5ccccc54)c3)c2)c2cncc3c2oc2ccccc23)cc1. The molecule has 9 rings (SSSR count). The van der Waals surface area contributed by atoms with Gasteiger partial charge in [0, 0.05) is 44.8 Å². The Labute approximate surface area is 260 Å². The van der Waals surface area contributed by atoms with Gasteiger partial charge in [0.25, 0.3) is 0 Å². The number of furan rings is 1. The number of fused-ring (bicyclic) bond motifs is 6. The van der Waals surface area contributed by atoms with Crippen molar-refractivity contribution in [1.82, 2.24) is 9.55 Å². The van der Waals surface area contributed by atoms with Crippen molar-refractivity contribution in [2.75, 3.05) is 4.90 Å². The molecule has 4 heteroatoms. The van der Waals surface area contributed by atoms with Gasteiger partial charge in [0.05, 0.1) is 17.2 Å². The highest BCUT2D eigenvalue weighted by atomic mass is 16.3. The summed E-state index contributed by atoms with van der Waals surface area (Å²) in [7, 11) is 0. The number of anilines is 3. The fourth-order valence-corrected chi connectivity index (χ4v) is 6.64. The topological polar surface area (TPSA) is 34.2 Å². The molecular weight excluding hydrogens is 550 g/mol. The molecule has 0 radical (unpaired) electrons. The van der Waals surface area contributed by atoms with Crippen molar-refractivity contribution in [3.63, 3.8) is 0 Å². The van der Waals surface area contributed by atoms with E-state index in [0.29, 0.717) is 0 Å². The van der Waals surface area contributed by atoms with Gasteiger partial charge in [0.2, 0.25) is 0 Å². The third-order valence-electron chi connectivity index (χ3n) is 8.64. The second kappa shape index (κ2) is 10.2. The number of hydrogen-bond acceptors (Lipinski definition) is 3. The number of nitrogens with zero attached hydrogens (tertiary/aromatic N) is 3. The van der Waals surface area contributed by atoms with Crippen LogP contribution in [-0.4, -0.2) is 9.55 Å². The van der Waals surface area contributed by atoms with Gasteiger partial charge in [-0.05, 0) is 65.7 Å². The maximum absolute atomic E-state index is 6.47. The van der Waals surface area contributed by atoms with E-state index in [-0.39, 0.29) is 0 Å². The van der Waals surface area contributed by atoms with E-state index >= 15 is 0 Å². The van der Waals surface area contributed by atoms with Crippen LogP contribution >= 0.6 is 0 Å². The van der Waals surface area contributed by atoms with Crippen molar-refractivity contribution in [2.24, 2.45) is 0 Å². The second-order valence-corrected chi connectivity index (χ2v) is 11.3. The molecule has 0 saturated carbocycles.